The lowest BCUT2D eigenvalue weighted by atomic mass is 10.0. The summed E-state index contributed by atoms with van der Waals surface area (Å²) in [6, 6.07) is 14.5. The van der Waals surface area contributed by atoms with Gasteiger partial charge in [0, 0.05) is 24.6 Å². The van der Waals surface area contributed by atoms with Crippen molar-refractivity contribution in [3.63, 3.8) is 0 Å². The fraction of sp³-hybridized carbons (Fsp3) is 0.333. The monoisotopic (exact) mass is 444 g/mol. The number of halogens is 3. The molecule has 1 N–H and O–H groups in total. The number of alkyl halides is 3. The average Bonchev–Trinajstić information content (AvgIpc) is 2.77. The fourth-order valence-corrected chi connectivity index (χ4v) is 3.03. The lowest BCUT2D eigenvalue weighted by Gasteiger charge is -2.20. The van der Waals surface area contributed by atoms with Gasteiger partial charge >= 0.3 is 6.18 Å². The Morgan fingerprint density at radius 1 is 1.03 bits per heavy atom. The Morgan fingerprint density at radius 3 is 2.25 bits per heavy atom. The maximum absolute atomic E-state index is 13.6. The minimum absolute atomic E-state index is 0.153. The Morgan fingerprint density at radius 2 is 1.69 bits per heavy atom. The van der Waals surface area contributed by atoms with E-state index in [2.05, 4.69) is 29.1 Å². The Hall–Kier alpha value is -3.29. The number of aromatic nitrogens is 2. The highest BCUT2D eigenvalue weighted by Gasteiger charge is 2.35. The number of benzene rings is 2. The SMILES string of the molecule is CCCOc1ccc(Nc2nc(N(C)c3ccc(C(C)C)cc3)ncc2C(F)(F)F)cc1. The molecule has 0 aliphatic heterocycles. The first-order valence-corrected chi connectivity index (χ1v) is 10.5. The van der Waals surface area contributed by atoms with Gasteiger partial charge in [-0.3, -0.25) is 0 Å². The van der Waals surface area contributed by atoms with Gasteiger partial charge in [0.25, 0.3) is 0 Å². The lowest BCUT2D eigenvalue weighted by Crippen LogP contribution is -2.17. The van der Waals surface area contributed by atoms with Crippen LogP contribution in [0, 0.1) is 0 Å². The molecule has 0 unspecified atom stereocenters. The number of nitrogens with zero attached hydrogens (tertiary/aromatic N) is 3. The first-order chi connectivity index (χ1) is 15.2. The van der Waals surface area contributed by atoms with E-state index in [0.717, 1.165) is 18.3 Å². The molecule has 0 saturated heterocycles. The Labute approximate surface area is 186 Å². The number of ether oxygens (including phenoxy) is 1. The third kappa shape index (κ3) is 5.69. The molecule has 3 aromatic rings. The van der Waals surface area contributed by atoms with Crippen LogP contribution in [0.2, 0.25) is 0 Å². The summed E-state index contributed by atoms with van der Waals surface area (Å²) in [5, 5.41) is 2.78. The summed E-state index contributed by atoms with van der Waals surface area (Å²) in [6.07, 6.45) is -2.92. The second-order valence-electron chi connectivity index (χ2n) is 7.73. The molecule has 0 atom stereocenters. The number of rotatable bonds is 8. The molecule has 32 heavy (non-hydrogen) atoms. The first kappa shape index (κ1) is 23.4. The third-order valence-electron chi connectivity index (χ3n) is 4.92. The van der Waals surface area contributed by atoms with Gasteiger partial charge in [0.05, 0.1) is 6.61 Å². The third-order valence-corrected chi connectivity index (χ3v) is 4.92. The van der Waals surface area contributed by atoms with Gasteiger partial charge in [-0.25, -0.2) is 4.98 Å². The van der Waals surface area contributed by atoms with Crippen molar-refractivity contribution in [1.29, 1.82) is 0 Å². The molecule has 0 bridgehead atoms. The van der Waals surface area contributed by atoms with Gasteiger partial charge in [0.15, 0.2) is 0 Å². The van der Waals surface area contributed by atoms with Gasteiger partial charge in [-0.15, -0.1) is 0 Å². The summed E-state index contributed by atoms with van der Waals surface area (Å²) in [6.45, 7) is 6.76. The van der Waals surface area contributed by atoms with Crippen LogP contribution in [-0.2, 0) is 6.18 Å². The molecule has 0 spiro atoms. The van der Waals surface area contributed by atoms with Crippen molar-refractivity contribution < 1.29 is 17.9 Å². The molecule has 170 valence electrons. The predicted molar refractivity (Wildman–Crippen MR) is 121 cm³/mol. The maximum Gasteiger partial charge on any atom is 0.421 e. The summed E-state index contributed by atoms with van der Waals surface area (Å²) in [4.78, 5) is 9.81. The van der Waals surface area contributed by atoms with Crippen molar-refractivity contribution in [2.75, 3.05) is 23.9 Å². The fourth-order valence-electron chi connectivity index (χ4n) is 3.03. The molecule has 0 radical (unpaired) electrons. The van der Waals surface area contributed by atoms with E-state index in [1.54, 1.807) is 36.2 Å². The van der Waals surface area contributed by atoms with Crippen molar-refractivity contribution in [2.45, 2.75) is 39.3 Å². The van der Waals surface area contributed by atoms with E-state index in [1.165, 1.54) is 5.56 Å². The van der Waals surface area contributed by atoms with Gasteiger partial charge in [0.2, 0.25) is 5.95 Å². The molecule has 0 amide bonds. The maximum atomic E-state index is 13.6. The molecule has 1 heterocycles. The summed E-state index contributed by atoms with van der Waals surface area (Å²) in [5.41, 5.74) is 1.48. The van der Waals surface area contributed by atoms with E-state index in [9.17, 15) is 13.2 Å². The van der Waals surface area contributed by atoms with Crippen LogP contribution >= 0.6 is 0 Å². The highest BCUT2D eigenvalue weighted by molar-refractivity contribution is 5.64. The molecular weight excluding hydrogens is 417 g/mol. The molecule has 8 heteroatoms. The van der Waals surface area contributed by atoms with E-state index in [0.29, 0.717) is 24.0 Å². The van der Waals surface area contributed by atoms with Crippen molar-refractivity contribution >= 4 is 23.1 Å². The van der Waals surface area contributed by atoms with Crippen molar-refractivity contribution in [1.82, 2.24) is 9.97 Å². The minimum Gasteiger partial charge on any atom is -0.494 e. The van der Waals surface area contributed by atoms with Crippen LogP contribution in [0.3, 0.4) is 0 Å². The molecule has 1 aromatic heterocycles. The molecule has 0 saturated carbocycles. The van der Waals surface area contributed by atoms with Crippen LogP contribution in [0.15, 0.2) is 54.7 Å². The zero-order chi connectivity index (χ0) is 23.3. The quantitative estimate of drug-likeness (QED) is 0.409. The molecule has 3 rings (SSSR count). The average molecular weight is 445 g/mol. The second-order valence-corrected chi connectivity index (χ2v) is 7.73. The van der Waals surface area contributed by atoms with Gasteiger partial charge < -0.3 is 15.0 Å². The van der Waals surface area contributed by atoms with E-state index in [4.69, 9.17) is 4.74 Å². The standard InChI is InChI=1S/C24H27F3N4O/c1-5-14-32-20-12-8-18(9-13-20)29-22-21(24(25,26)27)15-28-23(30-22)31(4)19-10-6-17(7-11-19)16(2)3/h6-13,15-16H,5,14H2,1-4H3,(H,28,29,30). The van der Waals surface area contributed by atoms with Crippen molar-refractivity contribution in [3.8, 4) is 5.75 Å². The number of hydrogen-bond donors (Lipinski definition) is 1. The highest BCUT2D eigenvalue weighted by Crippen LogP contribution is 2.36. The molecule has 0 aliphatic carbocycles. The van der Waals surface area contributed by atoms with Crippen LogP contribution in [0.5, 0.6) is 5.75 Å². The van der Waals surface area contributed by atoms with Crippen LogP contribution in [-0.4, -0.2) is 23.6 Å². The normalized spacial score (nSPS) is 11.5. The van der Waals surface area contributed by atoms with Crippen molar-refractivity contribution in [3.05, 3.63) is 65.9 Å². The van der Waals surface area contributed by atoms with E-state index >= 15 is 0 Å². The summed E-state index contributed by atoms with van der Waals surface area (Å²) >= 11 is 0. The Bertz CT molecular complexity index is 1020. The molecule has 5 nitrogen and oxygen atoms in total. The zero-order valence-electron chi connectivity index (χ0n) is 18.6. The van der Waals surface area contributed by atoms with E-state index in [-0.39, 0.29) is 11.8 Å². The molecule has 0 fully saturated rings. The largest absolute Gasteiger partial charge is 0.494 e. The van der Waals surface area contributed by atoms with Crippen molar-refractivity contribution in [2.24, 2.45) is 0 Å². The minimum atomic E-state index is -4.59. The summed E-state index contributed by atoms with van der Waals surface area (Å²) in [5.74, 6) is 0.878. The molecule has 0 aliphatic rings. The number of anilines is 4. The second kappa shape index (κ2) is 9.89. The molecule has 2 aromatic carbocycles. The lowest BCUT2D eigenvalue weighted by molar-refractivity contribution is -0.137. The van der Waals surface area contributed by atoms with Gasteiger partial charge in [-0.1, -0.05) is 32.9 Å². The Kier molecular flexibility index (Phi) is 7.22. The van der Waals surface area contributed by atoms with Crippen LogP contribution in [0.25, 0.3) is 0 Å². The zero-order valence-corrected chi connectivity index (χ0v) is 18.6. The summed E-state index contributed by atoms with van der Waals surface area (Å²) in [7, 11) is 1.72. The van der Waals surface area contributed by atoms with Crippen LogP contribution in [0.4, 0.5) is 36.3 Å². The van der Waals surface area contributed by atoms with Gasteiger partial charge in [-0.2, -0.15) is 18.2 Å². The predicted octanol–water partition coefficient (Wildman–Crippen LogP) is 6.92. The van der Waals surface area contributed by atoms with Gasteiger partial charge in [0.1, 0.15) is 17.1 Å². The van der Waals surface area contributed by atoms with Gasteiger partial charge in [-0.05, 0) is 54.3 Å². The molecular formula is C24H27F3N4O. The first-order valence-electron chi connectivity index (χ1n) is 10.5. The van der Waals surface area contributed by atoms with E-state index < -0.39 is 11.7 Å². The topological polar surface area (TPSA) is 50.3 Å². The number of hydrogen-bond acceptors (Lipinski definition) is 5. The smallest absolute Gasteiger partial charge is 0.421 e. The Balaban J connectivity index is 1.89. The number of nitrogens with one attached hydrogen (secondary N) is 1. The van der Waals surface area contributed by atoms with E-state index in [1.807, 2.05) is 31.2 Å². The highest BCUT2D eigenvalue weighted by atomic mass is 19.4. The summed E-state index contributed by atoms with van der Waals surface area (Å²) < 4.78 is 46.3. The van der Waals surface area contributed by atoms with Crippen LogP contribution in [0.1, 0.15) is 44.2 Å². The van der Waals surface area contributed by atoms with Crippen LogP contribution < -0.4 is 15.0 Å².